The van der Waals surface area contributed by atoms with E-state index in [1.54, 1.807) is 70.7 Å². The van der Waals surface area contributed by atoms with Gasteiger partial charge in [0.25, 0.3) is 5.91 Å². The molecule has 0 spiro atoms. The average Bonchev–Trinajstić information content (AvgIpc) is 3.89. The number of halogens is 2. The number of nitrogens with one attached hydrogen (secondary N) is 2. The van der Waals surface area contributed by atoms with Gasteiger partial charge in [0.15, 0.2) is 17.3 Å². The molecule has 18 heteroatoms. The number of hydrogen-bond acceptors (Lipinski definition) is 10. The lowest BCUT2D eigenvalue weighted by atomic mass is 10.1. The third-order valence-corrected chi connectivity index (χ3v) is 10.3. The highest BCUT2D eigenvalue weighted by Gasteiger charge is 2.43. The molecule has 4 aromatic heterocycles. The van der Waals surface area contributed by atoms with E-state index in [1.807, 2.05) is 6.07 Å². The van der Waals surface area contributed by atoms with E-state index in [2.05, 4.69) is 40.4 Å². The minimum atomic E-state index is -1.37. The second kappa shape index (κ2) is 14.8. The van der Waals surface area contributed by atoms with Crippen LogP contribution in [0, 0.1) is 0 Å². The van der Waals surface area contributed by atoms with E-state index < -0.39 is 11.6 Å². The van der Waals surface area contributed by atoms with E-state index in [4.69, 9.17) is 0 Å². The molecule has 0 aromatic carbocycles. The normalized spacial score (nSPS) is 21.5. The van der Waals surface area contributed by atoms with Gasteiger partial charge in [0.05, 0.1) is 30.0 Å². The van der Waals surface area contributed by atoms with Crippen molar-refractivity contribution in [2.45, 2.75) is 43.9 Å². The Morgan fingerprint density at radius 3 is 1.71 bits per heavy atom. The Balaban J connectivity index is 0.000000170. The summed E-state index contributed by atoms with van der Waals surface area (Å²) < 4.78 is 14.2. The number of likely N-dealkylation sites (tertiary alicyclic amines) is 1. The average molecular weight is 756 g/mol. The van der Waals surface area contributed by atoms with Crippen LogP contribution in [0.3, 0.4) is 0 Å². The van der Waals surface area contributed by atoms with Crippen LogP contribution in [0.1, 0.15) is 47.2 Å². The van der Waals surface area contributed by atoms with Crippen molar-refractivity contribution in [2.24, 2.45) is 0 Å². The Labute approximate surface area is 314 Å². The number of pyridine rings is 4. The van der Waals surface area contributed by atoms with Crippen molar-refractivity contribution in [3.63, 3.8) is 0 Å². The van der Waals surface area contributed by atoms with Gasteiger partial charge < -0.3 is 19.8 Å². The van der Waals surface area contributed by atoms with Gasteiger partial charge in [-0.1, -0.05) is 12.1 Å². The lowest BCUT2D eigenvalue weighted by Crippen LogP contribution is -2.48. The summed E-state index contributed by atoms with van der Waals surface area (Å²) in [5, 5.41) is 14.8. The molecule has 0 aliphatic carbocycles. The maximum absolute atomic E-state index is 14.2. The Morgan fingerprint density at radius 1 is 0.745 bits per heavy atom. The number of carbonyl (C=O) groups excluding carboxylic acids is 3. The minimum absolute atomic E-state index is 0. The molecule has 3 saturated heterocycles. The molecular weight excluding hydrogens is 716 g/mol. The van der Waals surface area contributed by atoms with E-state index in [1.165, 1.54) is 17.9 Å². The summed E-state index contributed by atoms with van der Waals surface area (Å²) in [6.45, 7) is 5.02. The maximum atomic E-state index is 14.2. The van der Waals surface area contributed by atoms with Crippen molar-refractivity contribution in [1.82, 2.24) is 24.8 Å². The van der Waals surface area contributed by atoms with Crippen LogP contribution in [0.4, 0.5) is 53.3 Å². The SMILES string of the molecule is CC1(F)CCN(C(=O)c2ccc3c(n2)N(C(=O)Nc2ccccn2)[C@H]2CCN3C2)C1.F.O=C(O)c1ccc2c(n1)N(C(=O)Nc1ccccn1)[C@H]1CCN2C1. The standard InChI is InChI=1S/C21H23FN6O2.C16H15N5O3.FH/c1-21(22)8-11-27(13-21)19(29)15-5-6-16-18(24-15)28(14-7-10-26(16)12-14)20(30)25-17-4-2-3-9-23-17;22-15(23)11-4-5-12-14(18-11)21(10-6-8-20(12)9-10)16(24)19-13-3-1-2-7-17-13;/h2-6,9,14H,7-8,10-13H2,1H3,(H,23,25,30);1-5,7,10H,6,8-9H2,(H,22,23)(H,17,19,24);1H/t14-,21?;10-;/m00./s1. The molecule has 16 nitrogen and oxygen atoms in total. The molecule has 0 radical (unpaired) electrons. The van der Waals surface area contributed by atoms with Gasteiger partial charge in [-0.3, -0.25) is 29.9 Å². The van der Waals surface area contributed by atoms with Crippen molar-refractivity contribution >= 4 is 58.6 Å². The largest absolute Gasteiger partial charge is 0.477 e. The number of carboxylic acid groups (broad SMARTS) is 1. The van der Waals surface area contributed by atoms with Crippen LogP contribution in [0.5, 0.6) is 0 Å². The third kappa shape index (κ3) is 7.26. The van der Waals surface area contributed by atoms with E-state index in [-0.39, 0.29) is 52.7 Å². The zero-order valence-corrected chi connectivity index (χ0v) is 29.8. The molecular formula is C37H39F2N11O5. The summed E-state index contributed by atoms with van der Waals surface area (Å²) in [6, 6.07) is 16.5. The zero-order valence-electron chi connectivity index (χ0n) is 29.8. The molecule has 1 unspecified atom stereocenters. The number of alkyl halides is 1. The first-order valence-electron chi connectivity index (χ1n) is 17.8. The van der Waals surface area contributed by atoms with Crippen molar-refractivity contribution in [3.8, 4) is 0 Å². The van der Waals surface area contributed by atoms with Crippen molar-refractivity contribution in [2.75, 3.05) is 69.5 Å². The molecule has 0 saturated carbocycles. The lowest BCUT2D eigenvalue weighted by molar-refractivity contribution is 0.0689. The molecule has 3 N–H and O–H groups in total. The minimum Gasteiger partial charge on any atom is -0.477 e. The first kappa shape index (κ1) is 36.9. The Hall–Kier alpha value is -6.46. The molecule has 5 aliphatic rings. The number of fused-ring (bicyclic) bond motifs is 8. The highest BCUT2D eigenvalue weighted by atomic mass is 19.1. The predicted molar refractivity (Wildman–Crippen MR) is 201 cm³/mol. The van der Waals surface area contributed by atoms with Crippen LogP contribution in [0.2, 0.25) is 0 Å². The lowest BCUT2D eigenvalue weighted by Gasteiger charge is -2.35. The third-order valence-electron chi connectivity index (χ3n) is 10.3. The zero-order chi connectivity index (χ0) is 37.6. The molecule has 5 amide bonds. The smallest absolute Gasteiger partial charge is 0.354 e. The fraction of sp³-hybridized carbons (Fsp3) is 0.351. The number of urea groups is 2. The molecule has 55 heavy (non-hydrogen) atoms. The predicted octanol–water partition coefficient (Wildman–Crippen LogP) is 4.64. The van der Waals surface area contributed by atoms with Gasteiger partial charge in [-0.15, -0.1) is 0 Å². The monoisotopic (exact) mass is 755 g/mol. The number of nitrogens with zero attached hydrogens (tertiary/aromatic N) is 9. The van der Waals surface area contributed by atoms with Gasteiger partial charge in [0, 0.05) is 51.5 Å². The highest BCUT2D eigenvalue weighted by Crippen LogP contribution is 2.40. The number of aromatic nitrogens is 4. The van der Waals surface area contributed by atoms with Gasteiger partial charge in [-0.05, 0) is 68.3 Å². The summed E-state index contributed by atoms with van der Waals surface area (Å²) in [4.78, 5) is 76.0. The number of anilines is 6. The fourth-order valence-electron chi connectivity index (χ4n) is 7.65. The van der Waals surface area contributed by atoms with Crippen LogP contribution < -0.4 is 30.2 Å². The molecule has 4 bridgehead atoms. The van der Waals surface area contributed by atoms with Gasteiger partial charge in [-0.25, -0.2) is 38.7 Å². The summed E-state index contributed by atoms with van der Waals surface area (Å²) >= 11 is 0. The fourth-order valence-corrected chi connectivity index (χ4v) is 7.65. The first-order chi connectivity index (χ1) is 26.0. The molecule has 9 heterocycles. The van der Waals surface area contributed by atoms with Crippen LogP contribution in [0.15, 0.2) is 73.1 Å². The topological polar surface area (TPSA) is 180 Å². The van der Waals surface area contributed by atoms with Crippen molar-refractivity contribution < 1.29 is 33.4 Å². The van der Waals surface area contributed by atoms with E-state index in [9.17, 15) is 28.7 Å². The number of rotatable bonds is 4. The van der Waals surface area contributed by atoms with E-state index >= 15 is 0 Å². The first-order valence-corrected chi connectivity index (χ1v) is 17.8. The molecule has 3 atom stereocenters. The van der Waals surface area contributed by atoms with Crippen molar-refractivity contribution in [3.05, 3.63) is 84.4 Å². The second-order valence-electron chi connectivity index (χ2n) is 14.1. The molecule has 3 fully saturated rings. The van der Waals surface area contributed by atoms with Gasteiger partial charge in [0.2, 0.25) is 0 Å². The number of aromatic carboxylic acids is 1. The molecule has 5 aliphatic heterocycles. The number of carboxylic acids is 1. The van der Waals surface area contributed by atoms with Crippen molar-refractivity contribution in [1.29, 1.82) is 0 Å². The Kier molecular flexibility index (Phi) is 9.89. The summed E-state index contributed by atoms with van der Waals surface area (Å²) in [5.41, 5.74) is 0.387. The van der Waals surface area contributed by atoms with Crippen LogP contribution in [-0.4, -0.2) is 111 Å². The Morgan fingerprint density at radius 2 is 1.25 bits per heavy atom. The van der Waals surface area contributed by atoms with Crippen LogP contribution in [0.25, 0.3) is 0 Å². The number of amides is 5. The van der Waals surface area contributed by atoms with Crippen LogP contribution >= 0.6 is 0 Å². The summed E-state index contributed by atoms with van der Waals surface area (Å²) in [5.74, 6) is 0.324. The molecule has 286 valence electrons. The maximum Gasteiger partial charge on any atom is 0.354 e. The van der Waals surface area contributed by atoms with Gasteiger partial charge in [-0.2, -0.15) is 0 Å². The number of carbonyl (C=O) groups is 4. The van der Waals surface area contributed by atoms with Gasteiger partial charge >= 0.3 is 18.0 Å². The second-order valence-corrected chi connectivity index (χ2v) is 14.1. The molecule has 4 aromatic rings. The number of hydrogen-bond donors (Lipinski definition) is 3. The highest BCUT2D eigenvalue weighted by molar-refractivity contribution is 6.06. The van der Waals surface area contributed by atoms with Crippen LogP contribution in [-0.2, 0) is 0 Å². The summed E-state index contributed by atoms with van der Waals surface area (Å²) in [7, 11) is 0. The summed E-state index contributed by atoms with van der Waals surface area (Å²) in [6.07, 6.45) is 5.16. The molecule has 9 rings (SSSR count). The van der Waals surface area contributed by atoms with Gasteiger partial charge in [0.1, 0.15) is 23.0 Å². The Bertz CT molecular complexity index is 2110. The quantitative estimate of drug-likeness (QED) is 0.264. The van der Waals surface area contributed by atoms with E-state index in [0.717, 1.165) is 50.4 Å². The van der Waals surface area contributed by atoms with E-state index in [0.29, 0.717) is 36.2 Å².